The molecule has 0 aliphatic heterocycles. The van der Waals surface area contributed by atoms with Crippen LogP contribution < -0.4 is 0 Å². The minimum absolute atomic E-state index is 0.240. The summed E-state index contributed by atoms with van der Waals surface area (Å²) in [5.74, 6) is 3.11. The van der Waals surface area contributed by atoms with E-state index < -0.39 is 0 Å². The molecule has 2 saturated carbocycles. The van der Waals surface area contributed by atoms with Crippen LogP contribution in [0.2, 0.25) is 0 Å². The Morgan fingerprint density at radius 1 is 0.857 bits per heavy atom. The van der Waals surface area contributed by atoms with Crippen LogP contribution in [0.4, 0.5) is 0 Å². The molecule has 1 nitrogen and oxygen atoms in total. The zero-order valence-electron chi connectivity index (χ0n) is 14.8. The van der Waals surface area contributed by atoms with E-state index in [4.69, 9.17) is 4.74 Å². The molecule has 0 unspecified atom stereocenters. The summed E-state index contributed by atoms with van der Waals surface area (Å²) < 4.78 is 5.92. The van der Waals surface area contributed by atoms with Crippen LogP contribution >= 0.6 is 0 Å². The largest absolute Gasteiger partial charge is 0.378 e. The van der Waals surface area contributed by atoms with Crippen LogP contribution in [0, 0.1) is 17.8 Å². The van der Waals surface area contributed by atoms with Crippen LogP contribution in [0.15, 0.2) is 0 Å². The lowest BCUT2D eigenvalue weighted by molar-refractivity contribution is -0.0629. The predicted molar refractivity (Wildman–Crippen MR) is 91.6 cm³/mol. The van der Waals surface area contributed by atoms with Crippen molar-refractivity contribution in [2.24, 2.45) is 17.8 Å². The van der Waals surface area contributed by atoms with Gasteiger partial charge in [-0.3, -0.25) is 0 Å². The van der Waals surface area contributed by atoms with Gasteiger partial charge in [-0.1, -0.05) is 52.4 Å². The number of hydrogen-bond acceptors (Lipinski definition) is 1. The maximum atomic E-state index is 5.92. The average Bonchev–Trinajstić information content (AvgIpc) is 2.54. The third-order valence-electron chi connectivity index (χ3n) is 6.60. The van der Waals surface area contributed by atoms with Crippen LogP contribution in [0.3, 0.4) is 0 Å². The van der Waals surface area contributed by atoms with Crippen molar-refractivity contribution in [3.8, 4) is 0 Å². The maximum absolute atomic E-state index is 5.92. The molecule has 0 N–H and O–H groups in total. The Hall–Kier alpha value is -0.0400. The molecule has 2 rings (SSSR count). The molecule has 2 aliphatic rings. The van der Waals surface area contributed by atoms with Crippen LogP contribution in [0.5, 0.6) is 0 Å². The summed E-state index contributed by atoms with van der Waals surface area (Å²) in [5, 5.41) is 0. The molecular weight excluding hydrogens is 256 g/mol. The first-order valence-electron chi connectivity index (χ1n) is 9.78. The van der Waals surface area contributed by atoms with Crippen molar-refractivity contribution in [1.29, 1.82) is 0 Å². The first kappa shape index (κ1) is 17.3. The van der Waals surface area contributed by atoms with Crippen molar-refractivity contribution in [2.45, 2.75) is 103 Å². The number of methoxy groups -OCH3 is 1. The first-order chi connectivity index (χ1) is 10.2. The van der Waals surface area contributed by atoms with Gasteiger partial charge < -0.3 is 4.74 Å². The third kappa shape index (κ3) is 4.71. The summed E-state index contributed by atoms with van der Waals surface area (Å²) in [6.45, 7) is 4.62. The smallest absolute Gasteiger partial charge is 0.0678 e. The fourth-order valence-electron chi connectivity index (χ4n) is 5.09. The predicted octanol–water partition coefficient (Wildman–Crippen LogP) is 6.36. The molecule has 0 aromatic rings. The van der Waals surface area contributed by atoms with E-state index in [1.807, 2.05) is 7.11 Å². The molecule has 2 fully saturated rings. The van der Waals surface area contributed by atoms with Gasteiger partial charge in [-0.05, 0) is 62.7 Å². The molecule has 0 heterocycles. The van der Waals surface area contributed by atoms with Gasteiger partial charge in [0.2, 0.25) is 0 Å². The van der Waals surface area contributed by atoms with Gasteiger partial charge in [0, 0.05) is 7.11 Å². The fourth-order valence-corrected chi connectivity index (χ4v) is 5.09. The van der Waals surface area contributed by atoms with Crippen molar-refractivity contribution in [3.05, 3.63) is 0 Å². The van der Waals surface area contributed by atoms with Gasteiger partial charge in [0.25, 0.3) is 0 Å². The van der Waals surface area contributed by atoms with Crippen molar-refractivity contribution in [1.82, 2.24) is 0 Å². The van der Waals surface area contributed by atoms with Crippen LogP contribution in [0.1, 0.15) is 97.3 Å². The monoisotopic (exact) mass is 294 g/mol. The number of unbranched alkanes of at least 4 members (excludes halogenated alkanes) is 1. The fraction of sp³-hybridized carbons (Fsp3) is 1.00. The molecule has 0 bridgehead atoms. The highest BCUT2D eigenvalue weighted by molar-refractivity contribution is 4.90. The summed E-state index contributed by atoms with van der Waals surface area (Å²) in [6, 6.07) is 0. The Labute approximate surface area is 133 Å². The van der Waals surface area contributed by atoms with Crippen LogP contribution in [-0.4, -0.2) is 12.7 Å². The second-order valence-corrected chi connectivity index (χ2v) is 7.90. The minimum atomic E-state index is 0.240. The molecule has 0 atom stereocenters. The molecule has 0 aromatic heterocycles. The average molecular weight is 295 g/mol. The van der Waals surface area contributed by atoms with E-state index in [0.29, 0.717) is 0 Å². The summed E-state index contributed by atoms with van der Waals surface area (Å²) in [5.41, 5.74) is 0.240. The van der Waals surface area contributed by atoms with Crippen molar-refractivity contribution in [3.63, 3.8) is 0 Å². The topological polar surface area (TPSA) is 9.23 Å². The lowest BCUT2D eigenvalue weighted by Gasteiger charge is -2.43. The quantitative estimate of drug-likeness (QED) is 0.531. The summed E-state index contributed by atoms with van der Waals surface area (Å²) >= 11 is 0. The van der Waals surface area contributed by atoms with Gasteiger partial charge in [-0.15, -0.1) is 0 Å². The lowest BCUT2D eigenvalue weighted by Crippen LogP contribution is -2.38. The molecule has 2 aliphatic carbocycles. The van der Waals surface area contributed by atoms with E-state index in [1.54, 1.807) is 0 Å². The normalized spacial score (nSPS) is 37.6. The third-order valence-corrected chi connectivity index (χ3v) is 6.60. The van der Waals surface area contributed by atoms with Crippen LogP contribution in [-0.2, 0) is 4.74 Å². The molecule has 0 spiro atoms. The van der Waals surface area contributed by atoms with Gasteiger partial charge in [0.15, 0.2) is 0 Å². The number of hydrogen-bond donors (Lipinski definition) is 0. The van der Waals surface area contributed by atoms with Crippen molar-refractivity contribution >= 4 is 0 Å². The molecule has 21 heavy (non-hydrogen) atoms. The molecule has 0 amide bonds. The second-order valence-electron chi connectivity index (χ2n) is 7.90. The number of ether oxygens (including phenoxy) is 1. The van der Waals surface area contributed by atoms with Crippen LogP contribution in [0.25, 0.3) is 0 Å². The molecule has 124 valence electrons. The zero-order chi connectivity index (χ0) is 15.1. The molecular formula is C20H38O. The summed E-state index contributed by atoms with van der Waals surface area (Å²) in [6.07, 6.45) is 18.4. The zero-order valence-corrected chi connectivity index (χ0v) is 14.8. The Bertz CT molecular complexity index is 270. The number of rotatable bonds is 7. The molecule has 1 heteroatoms. The SMILES string of the molecule is CCCCC1CCC(C2CCC(CCC)(OC)CC2)CC1. The Morgan fingerprint density at radius 3 is 2.00 bits per heavy atom. The van der Waals surface area contributed by atoms with Gasteiger partial charge in [-0.2, -0.15) is 0 Å². The summed E-state index contributed by atoms with van der Waals surface area (Å²) in [4.78, 5) is 0. The van der Waals surface area contributed by atoms with E-state index in [-0.39, 0.29) is 5.60 Å². The van der Waals surface area contributed by atoms with E-state index >= 15 is 0 Å². The Balaban J connectivity index is 1.73. The van der Waals surface area contributed by atoms with Gasteiger partial charge in [0.1, 0.15) is 0 Å². The van der Waals surface area contributed by atoms with E-state index in [9.17, 15) is 0 Å². The highest BCUT2D eigenvalue weighted by Crippen LogP contribution is 2.45. The minimum Gasteiger partial charge on any atom is -0.378 e. The first-order valence-corrected chi connectivity index (χ1v) is 9.78. The highest BCUT2D eigenvalue weighted by atomic mass is 16.5. The van der Waals surface area contributed by atoms with Gasteiger partial charge >= 0.3 is 0 Å². The second kappa shape index (κ2) is 8.56. The molecule has 0 aromatic carbocycles. The Kier molecular flexibility index (Phi) is 7.05. The standard InChI is InChI=1S/C20H38O/c1-4-6-7-17-8-10-18(11-9-17)19-12-15-20(21-3,14-5-2)16-13-19/h17-19H,4-16H2,1-3H3. The summed E-state index contributed by atoms with van der Waals surface area (Å²) in [7, 11) is 1.94. The molecule has 0 radical (unpaired) electrons. The van der Waals surface area contributed by atoms with Crippen molar-refractivity contribution in [2.75, 3.05) is 7.11 Å². The van der Waals surface area contributed by atoms with Gasteiger partial charge in [0.05, 0.1) is 5.60 Å². The lowest BCUT2D eigenvalue weighted by atomic mass is 9.67. The molecule has 0 saturated heterocycles. The maximum Gasteiger partial charge on any atom is 0.0678 e. The highest BCUT2D eigenvalue weighted by Gasteiger charge is 2.37. The van der Waals surface area contributed by atoms with E-state index in [2.05, 4.69) is 13.8 Å². The van der Waals surface area contributed by atoms with E-state index in [1.165, 1.54) is 83.5 Å². The van der Waals surface area contributed by atoms with E-state index in [0.717, 1.165) is 17.8 Å². The Morgan fingerprint density at radius 2 is 1.48 bits per heavy atom. The van der Waals surface area contributed by atoms with Crippen molar-refractivity contribution < 1.29 is 4.74 Å². The van der Waals surface area contributed by atoms with Gasteiger partial charge in [-0.25, -0.2) is 0 Å².